The van der Waals surface area contributed by atoms with Gasteiger partial charge in [-0.05, 0) is 24.3 Å². The first kappa shape index (κ1) is 16.5. The van der Waals surface area contributed by atoms with Crippen LogP contribution < -0.4 is 15.1 Å². The van der Waals surface area contributed by atoms with Crippen LogP contribution in [0.15, 0.2) is 48.5 Å². The minimum Gasteiger partial charge on any atom is -0.497 e. The molecule has 2 aromatic carbocycles. The normalized spacial score (nSPS) is 11.8. The van der Waals surface area contributed by atoms with E-state index >= 15 is 0 Å². The quantitative estimate of drug-likeness (QED) is 0.809. The molecule has 0 bridgehead atoms. The molecule has 0 amide bonds. The van der Waals surface area contributed by atoms with Gasteiger partial charge in [0.05, 0.1) is 33.9 Å². The third kappa shape index (κ3) is 2.87. The van der Waals surface area contributed by atoms with Crippen LogP contribution in [0.25, 0.3) is 0 Å². The summed E-state index contributed by atoms with van der Waals surface area (Å²) in [5, 5.41) is 11.9. The van der Waals surface area contributed by atoms with E-state index < -0.39 is 15.2 Å². The first-order valence-corrected chi connectivity index (χ1v) is 14.5. The van der Waals surface area contributed by atoms with E-state index in [9.17, 15) is 0 Å². The first-order valence-electron chi connectivity index (χ1n) is 7.48. The molecule has 0 aliphatic rings. The van der Waals surface area contributed by atoms with Crippen molar-refractivity contribution in [3.8, 4) is 11.8 Å². The molecular weight excluding hydrogens is 302 g/mol. The number of hydrogen-bond acceptors (Lipinski definition) is 2. The Hall–Kier alpha value is -1.84. The predicted molar refractivity (Wildman–Crippen MR) is 98.4 cm³/mol. The van der Waals surface area contributed by atoms with Crippen LogP contribution in [-0.2, 0) is 0 Å². The summed E-state index contributed by atoms with van der Waals surface area (Å²) >= 11 is 0. The highest BCUT2D eigenvalue weighted by Crippen LogP contribution is 2.21. The highest BCUT2D eigenvalue weighted by molar-refractivity contribution is 7.49. The van der Waals surface area contributed by atoms with Crippen LogP contribution in [0.2, 0.25) is 26.2 Å². The minimum absolute atomic E-state index is 0.734. The summed E-state index contributed by atoms with van der Waals surface area (Å²) in [6.45, 7) is 9.81. The van der Waals surface area contributed by atoms with Gasteiger partial charge in [-0.1, -0.05) is 60.8 Å². The highest BCUT2D eigenvalue weighted by Gasteiger charge is 2.43. The van der Waals surface area contributed by atoms with Gasteiger partial charge in [-0.3, -0.25) is 0 Å². The molecule has 2 aromatic rings. The van der Waals surface area contributed by atoms with Crippen LogP contribution in [0, 0.1) is 11.3 Å². The Labute approximate surface area is 135 Å². The summed E-state index contributed by atoms with van der Waals surface area (Å²) in [5.41, 5.74) is 0.734. The van der Waals surface area contributed by atoms with E-state index in [0.717, 1.165) is 11.3 Å². The van der Waals surface area contributed by atoms with Crippen molar-refractivity contribution in [2.45, 2.75) is 26.2 Å². The van der Waals surface area contributed by atoms with Gasteiger partial charge in [0.1, 0.15) is 5.75 Å². The monoisotopic (exact) mass is 325 g/mol. The predicted octanol–water partition coefficient (Wildman–Crippen LogP) is 3.18. The summed E-state index contributed by atoms with van der Waals surface area (Å²) in [6, 6.07) is 19.0. The molecule has 0 aliphatic heterocycles. The molecule has 22 heavy (non-hydrogen) atoms. The van der Waals surface area contributed by atoms with Crippen LogP contribution in [0.4, 0.5) is 0 Å². The number of nitriles is 1. The molecule has 0 spiro atoms. The molecule has 2 nitrogen and oxygen atoms in total. The third-order valence-electron chi connectivity index (χ3n) is 5.11. The fourth-order valence-corrected chi connectivity index (χ4v) is 11.5. The van der Waals surface area contributed by atoms with Gasteiger partial charge < -0.3 is 4.74 Å². The first-order chi connectivity index (χ1) is 10.3. The molecule has 0 saturated carbocycles. The summed E-state index contributed by atoms with van der Waals surface area (Å²) < 4.78 is 5.27. The Morgan fingerprint density at radius 2 is 1.18 bits per heavy atom. The van der Waals surface area contributed by atoms with E-state index in [0.29, 0.717) is 0 Å². The van der Waals surface area contributed by atoms with Gasteiger partial charge in [0.2, 0.25) is 0 Å². The van der Waals surface area contributed by atoms with Gasteiger partial charge >= 0.3 is 0 Å². The maximum absolute atomic E-state index is 8.98. The molecule has 0 saturated heterocycles. The number of hydrogen-bond donors (Lipinski definition) is 0. The molecule has 0 fully saturated rings. The topological polar surface area (TPSA) is 33.0 Å². The highest BCUT2D eigenvalue weighted by atomic mass is 29.3. The molecule has 2 rings (SSSR count). The van der Waals surface area contributed by atoms with Gasteiger partial charge in [0.15, 0.2) is 0 Å². The molecular formula is C18H23NOSi2. The van der Waals surface area contributed by atoms with E-state index in [1.807, 2.05) is 12.1 Å². The Balaban J connectivity index is 2.41. The standard InChI is InChI=1S/C18H23NOSi2/c1-20-16-8-12-18(13-9-16)22(4,5)21(2,3)17-10-6-15(14-19)7-11-17/h6-13H,1-5H3. The second kappa shape index (κ2) is 6.11. The summed E-state index contributed by atoms with van der Waals surface area (Å²) in [7, 11) is -1.53. The molecule has 114 valence electrons. The van der Waals surface area contributed by atoms with Gasteiger partial charge in [-0.15, -0.1) is 0 Å². The van der Waals surface area contributed by atoms with Crippen molar-refractivity contribution in [1.29, 1.82) is 5.26 Å². The van der Waals surface area contributed by atoms with Crippen LogP contribution in [0.5, 0.6) is 5.75 Å². The van der Waals surface area contributed by atoms with Crippen molar-refractivity contribution in [3.05, 3.63) is 54.1 Å². The van der Waals surface area contributed by atoms with E-state index in [1.54, 1.807) is 7.11 Å². The van der Waals surface area contributed by atoms with Crippen molar-refractivity contribution in [1.82, 2.24) is 0 Å². The number of rotatable bonds is 4. The fourth-order valence-electron chi connectivity index (χ4n) is 2.69. The van der Waals surface area contributed by atoms with Gasteiger partial charge in [-0.25, -0.2) is 0 Å². The zero-order valence-corrected chi connectivity index (χ0v) is 16.0. The largest absolute Gasteiger partial charge is 0.497 e. The zero-order chi connectivity index (χ0) is 16.4. The van der Waals surface area contributed by atoms with Crippen molar-refractivity contribution >= 4 is 25.6 Å². The van der Waals surface area contributed by atoms with Gasteiger partial charge in [0.25, 0.3) is 0 Å². The van der Waals surface area contributed by atoms with Gasteiger partial charge in [-0.2, -0.15) is 5.26 Å². The summed E-state index contributed by atoms with van der Waals surface area (Å²) in [4.78, 5) is 0. The Bertz CT molecular complexity index is 683. The smallest absolute Gasteiger partial charge is 0.118 e. The van der Waals surface area contributed by atoms with E-state index in [1.165, 1.54) is 10.4 Å². The molecule has 0 aromatic heterocycles. The summed E-state index contributed by atoms with van der Waals surface area (Å²) in [5.74, 6) is 0.909. The van der Waals surface area contributed by atoms with Crippen molar-refractivity contribution in [2.75, 3.05) is 7.11 Å². The lowest BCUT2D eigenvalue weighted by molar-refractivity contribution is 0.415. The second-order valence-electron chi connectivity index (χ2n) is 6.67. The van der Waals surface area contributed by atoms with Crippen LogP contribution in [0.3, 0.4) is 0 Å². The molecule has 0 aliphatic carbocycles. The molecule has 0 unspecified atom stereocenters. The SMILES string of the molecule is COc1ccc([Si](C)(C)[Si](C)(C)c2ccc(C#N)cc2)cc1. The Kier molecular flexibility index (Phi) is 4.59. The third-order valence-corrected chi connectivity index (χ3v) is 22.9. The average molecular weight is 326 g/mol. The molecule has 4 heteroatoms. The molecule has 0 radical (unpaired) electrons. The van der Waals surface area contributed by atoms with Gasteiger partial charge in [0, 0.05) is 0 Å². The Morgan fingerprint density at radius 3 is 1.55 bits per heavy atom. The van der Waals surface area contributed by atoms with E-state index in [4.69, 9.17) is 10.00 Å². The van der Waals surface area contributed by atoms with Crippen LogP contribution >= 0.6 is 0 Å². The average Bonchev–Trinajstić information content (AvgIpc) is 2.54. The molecule has 0 heterocycles. The zero-order valence-electron chi connectivity index (χ0n) is 14.0. The second-order valence-corrected chi connectivity index (χ2v) is 21.8. The Morgan fingerprint density at radius 1 is 0.773 bits per heavy atom. The van der Waals surface area contributed by atoms with Crippen LogP contribution in [-0.4, -0.2) is 22.3 Å². The maximum Gasteiger partial charge on any atom is 0.118 e. The van der Waals surface area contributed by atoms with Crippen molar-refractivity contribution in [3.63, 3.8) is 0 Å². The minimum atomic E-state index is -1.62. The number of nitrogens with zero attached hydrogens (tertiary/aromatic N) is 1. The van der Waals surface area contributed by atoms with E-state index in [2.05, 4.69) is 68.7 Å². The summed E-state index contributed by atoms with van der Waals surface area (Å²) in [6.07, 6.45) is 0. The van der Waals surface area contributed by atoms with Crippen LogP contribution in [0.1, 0.15) is 5.56 Å². The molecule has 0 N–H and O–H groups in total. The lowest BCUT2D eigenvalue weighted by Gasteiger charge is -2.39. The maximum atomic E-state index is 8.98. The number of benzene rings is 2. The fraction of sp³-hybridized carbons (Fsp3) is 0.278. The number of methoxy groups -OCH3 is 1. The van der Waals surface area contributed by atoms with Crippen molar-refractivity contribution in [2.24, 2.45) is 0 Å². The number of ether oxygens (including phenoxy) is 1. The lowest BCUT2D eigenvalue weighted by atomic mass is 10.2. The van der Waals surface area contributed by atoms with E-state index in [-0.39, 0.29) is 0 Å². The molecule has 0 atom stereocenters. The van der Waals surface area contributed by atoms with Crippen molar-refractivity contribution < 1.29 is 4.74 Å². The lowest BCUT2D eigenvalue weighted by Crippen LogP contribution is -2.69.